The molecule has 0 aliphatic heterocycles. The second-order valence-corrected chi connectivity index (χ2v) is 5.02. The number of alkyl halides is 1. The molecule has 0 bridgehead atoms. The summed E-state index contributed by atoms with van der Waals surface area (Å²) in [5.74, 6) is 0. The second kappa shape index (κ2) is 19.3. The van der Waals surface area contributed by atoms with Crippen molar-refractivity contribution in [3.05, 3.63) is 35.4 Å². The average Bonchev–Trinajstić information content (AvgIpc) is 2.57. The lowest BCUT2D eigenvalue weighted by atomic mass is 10.1. The third kappa shape index (κ3) is 17.4. The van der Waals surface area contributed by atoms with Crippen LogP contribution in [0.25, 0.3) is 0 Å². The Morgan fingerprint density at radius 2 is 1.57 bits per heavy atom. The van der Waals surface area contributed by atoms with Crippen LogP contribution in [0, 0.1) is 0 Å². The van der Waals surface area contributed by atoms with Gasteiger partial charge in [0.1, 0.15) is 6.29 Å². The number of hydrogen-bond acceptors (Lipinski definition) is 5. The minimum absolute atomic E-state index is 0.0370. The molecule has 0 heterocycles. The summed E-state index contributed by atoms with van der Waals surface area (Å²) in [5.41, 5.74) is 2.00. The van der Waals surface area contributed by atoms with Gasteiger partial charge in [-0.15, -0.1) is 0 Å². The number of aldehydes is 1. The number of carbonyl (C=O) groups is 1. The number of ether oxygens (including phenoxy) is 2. The SMILES string of the molecule is CCOC(C)OCC.O=Cc1ccc(CCBr)cc1.OCCO. The molecule has 0 fully saturated rings. The van der Waals surface area contributed by atoms with E-state index in [0.29, 0.717) is 0 Å². The molecule has 1 aromatic rings. The highest BCUT2D eigenvalue weighted by Gasteiger charge is 1.94. The molecule has 1 rings (SSSR count). The van der Waals surface area contributed by atoms with Gasteiger partial charge in [0.05, 0.1) is 13.2 Å². The highest BCUT2D eigenvalue weighted by atomic mass is 79.9. The lowest BCUT2D eigenvalue weighted by Gasteiger charge is -2.09. The largest absolute Gasteiger partial charge is 0.394 e. The van der Waals surface area contributed by atoms with Crippen LogP contribution in [0.15, 0.2) is 24.3 Å². The first-order valence-electron chi connectivity index (χ1n) is 7.64. The Morgan fingerprint density at radius 3 is 1.87 bits per heavy atom. The van der Waals surface area contributed by atoms with Crippen molar-refractivity contribution in [1.29, 1.82) is 0 Å². The number of aliphatic hydroxyl groups is 2. The quantitative estimate of drug-likeness (QED) is 0.404. The highest BCUT2D eigenvalue weighted by molar-refractivity contribution is 9.09. The molecule has 0 aliphatic rings. The molecule has 1 aromatic carbocycles. The molecule has 0 spiro atoms. The van der Waals surface area contributed by atoms with Crippen LogP contribution in [0.4, 0.5) is 0 Å². The summed E-state index contributed by atoms with van der Waals surface area (Å²) in [5, 5.41) is 16.2. The number of carbonyl (C=O) groups excluding carboxylic acids is 1. The Kier molecular flexibility index (Phi) is 20.5. The Balaban J connectivity index is 0. The summed E-state index contributed by atoms with van der Waals surface area (Å²) in [4.78, 5) is 10.3. The smallest absolute Gasteiger partial charge is 0.154 e. The van der Waals surface area contributed by atoms with Gasteiger partial charge in [-0.2, -0.15) is 0 Å². The predicted octanol–water partition coefficient (Wildman–Crippen LogP) is 2.81. The van der Waals surface area contributed by atoms with E-state index in [-0.39, 0.29) is 19.5 Å². The van der Waals surface area contributed by atoms with Crippen LogP contribution in [0.1, 0.15) is 36.7 Å². The number of benzene rings is 1. The number of aliphatic hydroxyl groups excluding tert-OH is 2. The van der Waals surface area contributed by atoms with Gasteiger partial charge in [0, 0.05) is 24.1 Å². The summed E-state index contributed by atoms with van der Waals surface area (Å²) >= 11 is 3.35. The number of aryl methyl sites for hydroxylation is 1. The van der Waals surface area contributed by atoms with E-state index in [1.54, 1.807) is 0 Å². The van der Waals surface area contributed by atoms with E-state index in [0.717, 1.165) is 36.8 Å². The first kappa shape index (κ1) is 24.5. The van der Waals surface area contributed by atoms with Gasteiger partial charge in [0.2, 0.25) is 0 Å². The first-order chi connectivity index (χ1) is 11.1. The van der Waals surface area contributed by atoms with Crippen LogP contribution in [0.3, 0.4) is 0 Å². The van der Waals surface area contributed by atoms with E-state index < -0.39 is 0 Å². The number of hydrogen-bond donors (Lipinski definition) is 2. The van der Waals surface area contributed by atoms with E-state index in [2.05, 4.69) is 15.9 Å². The summed E-state index contributed by atoms with van der Waals surface area (Å²) < 4.78 is 10.1. The van der Waals surface area contributed by atoms with Gasteiger partial charge in [-0.05, 0) is 32.8 Å². The van der Waals surface area contributed by atoms with Crippen LogP contribution in [0.5, 0.6) is 0 Å². The summed E-state index contributed by atoms with van der Waals surface area (Å²) in [6.07, 6.45) is 1.84. The van der Waals surface area contributed by atoms with Crippen LogP contribution in [-0.4, -0.2) is 54.5 Å². The first-order valence-corrected chi connectivity index (χ1v) is 8.76. The molecule has 134 valence electrons. The van der Waals surface area contributed by atoms with Gasteiger partial charge in [-0.3, -0.25) is 4.79 Å². The van der Waals surface area contributed by atoms with Crippen molar-refractivity contribution < 1.29 is 24.5 Å². The summed E-state index contributed by atoms with van der Waals surface area (Å²) in [7, 11) is 0. The summed E-state index contributed by atoms with van der Waals surface area (Å²) in [6, 6.07) is 7.63. The van der Waals surface area contributed by atoms with Crippen molar-refractivity contribution in [3.8, 4) is 0 Å². The summed E-state index contributed by atoms with van der Waals surface area (Å²) in [6.45, 7) is 7.00. The Morgan fingerprint density at radius 1 is 1.09 bits per heavy atom. The molecule has 0 saturated heterocycles. The molecule has 0 atom stereocenters. The Bertz CT molecular complexity index is 349. The Labute approximate surface area is 147 Å². The zero-order chi connectivity index (χ0) is 17.9. The topological polar surface area (TPSA) is 76.0 Å². The number of halogens is 1. The molecular formula is C17H29BrO5. The molecule has 0 unspecified atom stereocenters. The van der Waals surface area contributed by atoms with Crippen molar-refractivity contribution in [2.75, 3.05) is 31.8 Å². The zero-order valence-corrected chi connectivity index (χ0v) is 15.8. The van der Waals surface area contributed by atoms with E-state index in [1.807, 2.05) is 45.0 Å². The maximum atomic E-state index is 10.3. The fourth-order valence-corrected chi connectivity index (χ4v) is 1.85. The molecular weight excluding hydrogens is 364 g/mol. The van der Waals surface area contributed by atoms with E-state index in [1.165, 1.54) is 5.56 Å². The second-order valence-electron chi connectivity index (χ2n) is 4.22. The molecule has 0 aliphatic carbocycles. The van der Waals surface area contributed by atoms with Gasteiger partial charge in [0.15, 0.2) is 6.29 Å². The van der Waals surface area contributed by atoms with Crippen molar-refractivity contribution in [2.24, 2.45) is 0 Å². The van der Waals surface area contributed by atoms with Gasteiger partial charge in [0.25, 0.3) is 0 Å². The standard InChI is InChI=1S/C9H9BrO.C6H14O2.C2H6O2/c10-6-5-8-1-3-9(7-11)4-2-8;1-4-7-6(3)8-5-2;3-1-2-4/h1-4,7H,5-6H2;6H,4-5H2,1-3H3;3-4H,1-2H2. The molecule has 5 nitrogen and oxygen atoms in total. The lowest BCUT2D eigenvalue weighted by Crippen LogP contribution is -2.11. The van der Waals surface area contributed by atoms with E-state index >= 15 is 0 Å². The predicted molar refractivity (Wildman–Crippen MR) is 96.2 cm³/mol. The molecule has 0 radical (unpaired) electrons. The third-order valence-corrected chi connectivity index (χ3v) is 2.80. The highest BCUT2D eigenvalue weighted by Crippen LogP contribution is 2.04. The van der Waals surface area contributed by atoms with Crippen LogP contribution < -0.4 is 0 Å². The average molecular weight is 393 g/mol. The van der Waals surface area contributed by atoms with E-state index in [9.17, 15) is 4.79 Å². The minimum atomic E-state index is -0.125. The zero-order valence-electron chi connectivity index (χ0n) is 14.2. The van der Waals surface area contributed by atoms with Crippen molar-refractivity contribution in [3.63, 3.8) is 0 Å². The van der Waals surface area contributed by atoms with Crippen molar-refractivity contribution >= 4 is 22.2 Å². The normalized spacial score (nSPS) is 9.52. The van der Waals surface area contributed by atoms with Crippen LogP contribution in [-0.2, 0) is 15.9 Å². The van der Waals surface area contributed by atoms with Crippen LogP contribution in [0.2, 0.25) is 0 Å². The third-order valence-electron chi connectivity index (χ3n) is 2.40. The van der Waals surface area contributed by atoms with Crippen molar-refractivity contribution in [2.45, 2.75) is 33.5 Å². The fraction of sp³-hybridized carbons (Fsp3) is 0.588. The van der Waals surface area contributed by atoms with Gasteiger partial charge in [-0.1, -0.05) is 40.2 Å². The van der Waals surface area contributed by atoms with Crippen LogP contribution >= 0.6 is 15.9 Å². The lowest BCUT2D eigenvalue weighted by molar-refractivity contribution is -0.123. The fourth-order valence-electron chi connectivity index (χ4n) is 1.39. The molecule has 23 heavy (non-hydrogen) atoms. The molecule has 0 saturated carbocycles. The molecule has 0 aromatic heterocycles. The monoisotopic (exact) mass is 392 g/mol. The molecule has 2 N–H and O–H groups in total. The maximum Gasteiger partial charge on any atom is 0.154 e. The van der Waals surface area contributed by atoms with Gasteiger partial charge in [-0.25, -0.2) is 0 Å². The minimum Gasteiger partial charge on any atom is -0.394 e. The van der Waals surface area contributed by atoms with Crippen molar-refractivity contribution in [1.82, 2.24) is 0 Å². The number of rotatable bonds is 8. The Hall–Kier alpha value is -0.790. The maximum absolute atomic E-state index is 10.3. The van der Waals surface area contributed by atoms with Gasteiger partial charge < -0.3 is 19.7 Å². The molecule has 6 heteroatoms. The van der Waals surface area contributed by atoms with Gasteiger partial charge >= 0.3 is 0 Å². The van der Waals surface area contributed by atoms with E-state index in [4.69, 9.17) is 19.7 Å². The molecule has 0 amide bonds.